The smallest absolute Gasteiger partial charge is 0.155 e. The Labute approximate surface area is 152 Å². The highest BCUT2D eigenvalue weighted by Crippen LogP contribution is 2.51. The summed E-state index contributed by atoms with van der Waals surface area (Å²) in [6, 6.07) is 21.5. The van der Waals surface area contributed by atoms with Gasteiger partial charge in [0, 0.05) is 23.8 Å². The summed E-state index contributed by atoms with van der Waals surface area (Å²) in [4.78, 5) is 6.18. The normalized spacial score (nSPS) is 23.4. The van der Waals surface area contributed by atoms with Crippen molar-refractivity contribution in [1.29, 1.82) is 0 Å². The van der Waals surface area contributed by atoms with Gasteiger partial charge in [-0.1, -0.05) is 84.2 Å². The van der Waals surface area contributed by atoms with Crippen LogP contribution in [0.4, 0.5) is 0 Å². The Bertz CT molecular complexity index is 771. The molecule has 0 amide bonds. The van der Waals surface area contributed by atoms with Gasteiger partial charge < -0.3 is 9.80 Å². The predicted molar refractivity (Wildman–Crippen MR) is 106 cm³/mol. The zero-order chi connectivity index (χ0) is 16.5. The summed E-state index contributed by atoms with van der Waals surface area (Å²) in [5.41, 5.74) is 4.27. The molecule has 24 heavy (non-hydrogen) atoms. The van der Waals surface area contributed by atoms with Crippen LogP contribution in [0.15, 0.2) is 78.0 Å². The molecule has 0 aliphatic carbocycles. The van der Waals surface area contributed by atoms with Gasteiger partial charge in [-0.25, -0.2) is 0 Å². The van der Waals surface area contributed by atoms with Gasteiger partial charge in [0.25, 0.3) is 0 Å². The molecule has 0 radical (unpaired) electrons. The molecule has 2 aliphatic heterocycles. The van der Waals surface area contributed by atoms with E-state index in [1.54, 1.807) is 0 Å². The van der Waals surface area contributed by atoms with Crippen LogP contribution in [0, 0.1) is 0 Å². The van der Waals surface area contributed by atoms with Crippen LogP contribution in [-0.4, -0.2) is 22.3 Å². The predicted octanol–water partition coefficient (Wildman–Crippen LogP) is 5.56. The highest BCUT2D eigenvalue weighted by Gasteiger charge is 2.36. The minimum absolute atomic E-state index is 0.306. The molecule has 2 aromatic rings. The van der Waals surface area contributed by atoms with Crippen molar-refractivity contribution in [1.82, 2.24) is 9.80 Å². The molecule has 0 fully saturated rings. The maximum Gasteiger partial charge on any atom is 0.155 e. The van der Waals surface area contributed by atoms with Gasteiger partial charge >= 0.3 is 0 Å². The Balaban J connectivity index is 1.69. The molecule has 2 aromatic carbocycles. The van der Waals surface area contributed by atoms with E-state index in [2.05, 4.69) is 96.0 Å². The van der Waals surface area contributed by atoms with E-state index in [4.69, 9.17) is 0 Å². The molecule has 2 atom stereocenters. The fraction of sp³-hybridized carbons (Fsp3) is 0.200. The number of allylic oxidation sites excluding steroid dienone is 1. The lowest BCUT2D eigenvalue weighted by molar-refractivity contribution is 0.208. The van der Waals surface area contributed by atoms with Crippen LogP contribution in [0.2, 0.25) is 0 Å². The lowest BCUT2D eigenvalue weighted by atomic mass is 10.2. The molecule has 4 rings (SSSR count). The Morgan fingerprint density at radius 2 is 1.58 bits per heavy atom. The maximum absolute atomic E-state index is 2.49. The van der Waals surface area contributed by atoms with Crippen molar-refractivity contribution in [2.45, 2.75) is 17.8 Å². The third-order valence-corrected chi connectivity index (χ3v) is 7.04. The first-order chi connectivity index (χ1) is 11.7. The summed E-state index contributed by atoms with van der Waals surface area (Å²) in [5, 5.41) is 2.56. The van der Waals surface area contributed by atoms with Crippen molar-refractivity contribution in [2.24, 2.45) is 0 Å². The zero-order valence-electron chi connectivity index (χ0n) is 13.8. The summed E-state index contributed by atoms with van der Waals surface area (Å²) >= 11 is 3.82. The van der Waals surface area contributed by atoms with Crippen LogP contribution in [0.5, 0.6) is 0 Å². The summed E-state index contributed by atoms with van der Waals surface area (Å²) < 4.78 is 0. The minimum atomic E-state index is 0.306. The van der Waals surface area contributed by atoms with Gasteiger partial charge in [0.1, 0.15) is 5.37 Å². The Morgan fingerprint density at radius 3 is 2.21 bits per heavy atom. The number of hydrogen-bond donors (Lipinski definition) is 0. The van der Waals surface area contributed by atoms with E-state index in [-0.39, 0.29) is 0 Å². The van der Waals surface area contributed by atoms with E-state index in [9.17, 15) is 0 Å². The minimum Gasteiger partial charge on any atom is -0.349 e. The molecule has 0 bridgehead atoms. The first kappa shape index (κ1) is 15.7. The molecule has 2 unspecified atom stereocenters. The van der Waals surface area contributed by atoms with Crippen LogP contribution in [-0.2, 0) is 0 Å². The van der Waals surface area contributed by atoms with Crippen LogP contribution >= 0.6 is 23.5 Å². The van der Waals surface area contributed by atoms with Crippen molar-refractivity contribution in [3.05, 3.63) is 89.1 Å². The number of nitrogens with zero attached hydrogens (tertiary/aromatic N) is 2. The molecule has 2 nitrogen and oxygen atoms in total. The molecular weight excluding hydrogens is 332 g/mol. The van der Waals surface area contributed by atoms with E-state index in [0.717, 1.165) is 0 Å². The third kappa shape index (κ3) is 2.85. The summed E-state index contributed by atoms with van der Waals surface area (Å²) in [6.07, 6.45) is 2.33. The standard InChI is InChI=1S/C20H20N2S2/c1-15-14-23-20(21(15)2)22-13-18(16-9-5-3-6-10-16)24-19(22)17-11-7-4-8-12-17/h3-14,19-20H,1-2H3. The SMILES string of the molecule is CC1=CSC(N2C=C(c3ccccc3)SC2c2ccccc2)N1C. The first-order valence-electron chi connectivity index (χ1n) is 8.05. The summed E-state index contributed by atoms with van der Waals surface area (Å²) in [6.45, 7) is 2.18. The van der Waals surface area contributed by atoms with E-state index in [1.165, 1.54) is 21.7 Å². The van der Waals surface area contributed by atoms with E-state index in [1.807, 2.05) is 23.5 Å². The second-order valence-corrected chi connectivity index (χ2v) is 8.07. The average molecular weight is 353 g/mol. The van der Waals surface area contributed by atoms with E-state index >= 15 is 0 Å². The van der Waals surface area contributed by atoms with Gasteiger partial charge in [0.05, 0.1) is 0 Å². The molecule has 122 valence electrons. The van der Waals surface area contributed by atoms with Crippen molar-refractivity contribution in [3.8, 4) is 0 Å². The lowest BCUT2D eigenvalue weighted by Gasteiger charge is -2.35. The van der Waals surface area contributed by atoms with Crippen molar-refractivity contribution < 1.29 is 0 Å². The lowest BCUT2D eigenvalue weighted by Crippen LogP contribution is -2.37. The average Bonchev–Trinajstić information content (AvgIpc) is 3.21. The van der Waals surface area contributed by atoms with Gasteiger partial charge in [-0.3, -0.25) is 0 Å². The van der Waals surface area contributed by atoms with Crippen LogP contribution in [0.1, 0.15) is 23.4 Å². The molecular formula is C20H20N2S2. The van der Waals surface area contributed by atoms with Crippen molar-refractivity contribution in [2.75, 3.05) is 7.05 Å². The van der Waals surface area contributed by atoms with Gasteiger partial charge in [-0.2, -0.15) is 0 Å². The van der Waals surface area contributed by atoms with Gasteiger partial charge in [-0.15, -0.1) is 0 Å². The zero-order valence-corrected chi connectivity index (χ0v) is 15.4. The summed E-state index contributed by atoms with van der Waals surface area (Å²) in [7, 11) is 2.18. The van der Waals surface area contributed by atoms with Crippen LogP contribution in [0.25, 0.3) is 4.91 Å². The fourth-order valence-corrected chi connectivity index (χ4v) is 5.50. The first-order valence-corrected chi connectivity index (χ1v) is 9.87. The monoisotopic (exact) mass is 352 g/mol. The topological polar surface area (TPSA) is 6.48 Å². The Kier molecular flexibility index (Phi) is 4.33. The molecule has 2 heterocycles. The summed E-state index contributed by atoms with van der Waals surface area (Å²) in [5.74, 6) is 0. The van der Waals surface area contributed by atoms with E-state index < -0.39 is 0 Å². The third-order valence-electron chi connectivity index (χ3n) is 4.42. The maximum atomic E-state index is 2.49. The molecule has 4 heteroatoms. The quantitative estimate of drug-likeness (QED) is 0.713. The van der Waals surface area contributed by atoms with Crippen molar-refractivity contribution >= 4 is 28.4 Å². The highest BCUT2D eigenvalue weighted by atomic mass is 32.2. The number of benzene rings is 2. The van der Waals surface area contributed by atoms with Crippen LogP contribution in [0.3, 0.4) is 0 Å². The van der Waals surface area contributed by atoms with Crippen molar-refractivity contribution in [3.63, 3.8) is 0 Å². The number of rotatable bonds is 3. The van der Waals surface area contributed by atoms with Gasteiger partial charge in [0.2, 0.25) is 0 Å². The molecule has 0 spiro atoms. The fourth-order valence-electron chi connectivity index (χ4n) is 2.98. The van der Waals surface area contributed by atoms with Gasteiger partial charge in [0.15, 0.2) is 5.50 Å². The second kappa shape index (κ2) is 6.61. The van der Waals surface area contributed by atoms with Crippen LogP contribution < -0.4 is 0 Å². The van der Waals surface area contributed by atoms with Gasteiger partial charge in [-0.05, 0) is 23.5 Å². The molecule has 0 saturated heterocycles. The molecule has 2 aliphatic rings. The Hall–Kier alpha value is -1.78. The highest BCUT2D eigenvalue weighted by molar-refractivity contribution is 8.08. The molecule has 0 saturated carbocycles. The van der Waals surface area contributed by atoms with E-state index in [0.29, 0.717) is 10.9 Å². The molecule has 0 N–H and O–H groups in total. The molecule has 0 aromatic heterocycles. The number of hydrogen-bond acceptors (Lipinski definition) is 4. The second-order valence-electron chi connectivity index (χ2n) is 6.02. The largest absolute Gasteiger partial charge is 0.349 e. The Morgan fingerprint density at radius 1 is 0.917 bits per heavy atom. The number of thioether (sulfide) groups is 2.